The molecule has 108 valence electrons. The van der Waals surface area contributed by atoms with Crippen molar-refractivity contribution in [2.45, 2.75) is 38.3 Å². The average molecular weight is 272 g/mol. The molecule has 0 bridgehead atoms. The first kappa shape index (κ1) is 13.4. The number of piperidine rings is 1. The van der Waals surface area contributed by atoms with Crippen molar-refractivity contribution in [2.75, 3.05) is 25.0 Å². The number of aryl methyl sites for hydroxylation is 1. The van der Waals surface area contributed by atoms with Crippen molar-refractivity contribution in [1.82, 2.24) is 4.90 Å². The van der Waals surface area contributed by atoms with E-state index >= 15 is 0 Å². The van der Waals surface area contributed by atoms with Crippen molar-refractivity contribution < 1.29 is 0 Å². The van der Waals surface area contributed by atoms with E-state index in [9.17, 15) is 0 Å². The zero-order valence-electron chi connectivity index (χ0n) is 12.6. The molecule has 1 aromatic carbocycles. The van der Waals surface area contributed by atoms with Gasteiger partial charge in [-0.2, -0.15) is 0 Å². The third-order valence-electron chi connectivity index (χ3n) is 4.89. The van der Waals surface area contributed by atoms with Crippen molar-refractivity contribution in [3.05, 3.63) is 29.8 Å². The number of guanidine groups is 1. The van der Waals surface area contributed by atoms with Crippen LogP contribution in [0.25, 0.3) is 0 Å². The van der Waals surface area contributed by atoms with Crippen LogP contribution in [0.5, 0.6) is 0 Å². The number of benzene rings is 1. The highest BCUT2D eigenvalue weighted by Gasteiger charge is 2.46. The Morgan fingerprint density at radius 2 is 2.00 bits per heavy atom. The third-order valence-corrected chi connectivity index (χ3v) is 4.89. The van der Waals surface area contributed by atoms with Gasteiger partial charge in [0.25, 0.3) is 0 Å². The number of nitrogens with zero attached hydrogens (tertiary/aromatic N) is 3. The van der Waals surface area contributed by atoms with Gasteiger partial charge in [0, 0.05) is 18.3 Å². The SMILES string of the molecule is Cc1ccc(N2C(N)=NCC23CCN(C)C(C)C3)cc1. The minimum atomic E-state index is 0.0747. The van der Waals surface area contributed by atoms with Crippen LogP contribution >= 0.6 is 0 Å². The van der Waals surface area contributed by atoms with E-state index in [4.69, 9.17) is 5.73 Å². The lowest BCUT2D eigenvalue weighted by molar-refractivity contribution is 0.141. The summed E-state index contributed by atoms with van der Waals surface area (Å²) in [7, 11) is 2.20. The highest BCUT2D eigenvalue weighted by atomic mass is 15.4. The van der Waals surface area contributed by atoms with Crippen LogP contribution in [0, 0.1) is 6.92 Å². The standard InChI is InChI=1S/C16H24N4/c1-12-4-6-14(7-5-12)20-15(17)18-11-16(20)8-9-19(3)13(2)10-16/h4-7,13H,8-11H2,1-3H3,(H2,17,18). The van der Waals surface area contributed by atoms with Gasteiger partial charge in [0.05, 0.1) is 12.1 Å². The fourth-order valence-electron chi connectivity index (χ4n) is 3.47. The van der Waals surface area contributed by atoms with Gasteiger partial charge in [-0.05, 0) is 45.9 Å². The Morgan fingerprint density at radius 1 is 1.30 bits per heavy atom. The fraction of sp³-hybridized carbons (Fsp3) is 0.562. The molecule has 0 aliphatic carbocycles. The summed E-state index contributed by atoms with van der Waals surface area (Å²) in [6, 6.07) is 9.18. The van der Waals surface area contributed by atoms with Crippen LogP contribution in [-0.4, -0.2) is 42.6 Å². The highest BCUT2D eigenvalue weighted by molar-refractivity contribution is 5.98. The fourth-order valence-corrected chi connectivity index (χ4v) is 3.47. The second-order valence-electron chi connectivity index (χ2n) is 6.35. The van der Waals surface area contributed by atoms with Crippen LogP contribution in [0.2, 0.25) is 0 Å². The van der Waals surface area contributed by atoms with E-state index in [1.807, 2.05) is 0 Å². The summed E-state index contributed by atoms with van der Waals surface area (Å²) < 4.78 is 0. The molecule has 1 aromatic rings. The van der Waals surface area contributed by atoms with E-state index in [2.05, 4.69) is 60.0 Å². The molecule has 2 unspecified atom stereocenters. The van der Waals surface area contributed by atoms with Gasteiger partial charge < -0.3 is 15.5 Å². The predicted octanol–water partition coefficient (Wildman–Crippen LogP) is 1.98. The van der Waals surface area contributed by atoms with Crippen LogP contribution in [0.15, 0.2) is 29.3 Å². The van der Waals surface area contributed by atoms with Crippen LogP contribution < -0.4 is 10.6 Å². The minimum Gasteiger partial charge on any atom is -0.369 e. The van der Waals surface area contributed by atoms with Crippen molar-refractivity contribution >= 4 is 11.6 Å². The van der Waals surface area contributed by atoms with E-state index in [-0.39, 0.29) is 5.54 Å². The monoisotopic (exact) mass is 272 g/mol. The molecule has 2 atom stereocenters. The first-order valence-corrected chi connectivity index (χ1v) is 7.39. The van der Waals surface area contributed by atoms with Crippen molar-refractivity contribution in [1.29, 1.82) is 0 Å². The quantitative estimate of drug-likeness (QED) is 0.850. The Labute approximate surface area is 121 Å². The van der Waals surface area contributed by atoms with E-state index in [1.54, 1.807) is 0 Å². The summed E-state index contributed by atoms with van der Waals surface area (Å²) in [5, 5.41) is 0. The lowest BCUT2D eigenvalue weighted by atomic mass is 9.82. The normalized spacial score (nSPS) is 30.9. The molecule has 4 nitrogen and oxygen atoms in total. The van der Waals surface area contributed by atoms with Crippen LogP contribution in [-0.2, 0) is 0 Å². The first-order valence-electron chi connectivity index (χ1n) is 7.39. The van der Waals surface area contributed by atoms with Crippen molar-refractivity contribution in [3.63, 3.8) is 0 Å². The van der Waals surface area contributed by atoms with Gasteiger partial charge in [-0.25, -0.2) is 0 Å². The van der Waals surface area contributed by atoms with E-state index < -0.39 is 0 Å². The highest BCUT2D eigenvalue weighted by Crippen LogP contribution is 2.38. The number of rotatable bonds is 1. The second-order valence-corrected chi connectivity index (χ2v) is 6.35. The molecule has 3 rings (SSSR count). The first-order chi connectivity index (χ1) is 9.52. The number of nitrogens with two attached hydrogens (primary N) is 1. The molecule has 1 saturated heterocycles. The number of hydrogen-bond acceptors (Lipinski definition) is 4. The largest absolute Gasteiger partial charge is 0.369 e. The van der Waals surface area contributed by atoms with Crippen LogP contribution in [0.1, 0.15) is 25.3 Å². The molecule has 1 fully saturated rings. The summed E-state index contributed by atoms with van der Waals surface area (Å²) >= 11 is 0. The number of anilines is 1. The second kappa shape index (κ2) is 4.77. The molecule has 0 saturated carbocycles. The molecule has 2 aliphatic heterocycles. The van der Waals surface area contributed by atoms with Gasteiger partial charge in [0.15, 0.2) is 5.96 Å². The maximum Gasteiger partial charge on any atom is 0.196 e. The van der Waals surface area contributed by atoms with E-state index in [0.717, 1.165) is 25.9 Å². The Balaban J connectivity index is 1.94. The van der Waals surface area contributed by atoms with E-state index in [1.165, 1.54) is 11.3 Å². The van der Waals surface area contributed by atoms with E-state index in [0.29, 0.717) is 12.0 Å². The Morgan fingerprint density at radius 3 is 2.65 bits per heavy atom. The van der Waals surface area contributed by atoms with Gasteiger partial charge in [-0.3, -0.25) is 4.99 Å². The summed E-state index contributed by atoms with van der Waals surface area (Å²) in [5.74, 6) is 0.672. The summed E-state index contributed by atoms with van der Waals surface area (Å²) in [5.41, 5.74) is 8.72. The van der Waals surface area contributed by atoms with Crippen molar-refractivity contribution in [3.8, 4) is 0 Å². The Hall–Kier alpha value is -1.55. The van der Waals surface area contributed by atoms with Crippen LogP contribution in [0.3, 0.4) is 0 Å². The molecule has 0 radical (unpaired) electrons. The topological polar surface area (TPSA) is 44.9 Å². The van der Waals surface area contributed by atoms with Gasteiger partial charge in [0.1, 0.15) is 0 Å². The molecule has 0 aromatic heterocycles. The lowest BCUT2D eigenvalue weighted by Crippen LogP contribution is -2.59. The minimum absolute atomic E-state index is 0.0747. The Kier molecular flexibility index (Phi) is 3.21. The van der Waals surface area contributed by atoms with Gasteiger partial charge in [-0.15, -0.1) is 0 Å². The van der Waals surface area contributed by atoms with Gasteiger partial charge >= 0.3 is 0 Å². The molecule has 2 N–H and O–H groups in total. The van der Waals surface area contributed by atoms with Gasteiger partial charge in [-0.1, -0.05) is 17.7 Å². The smallest absolute Gasteiger partial charge is 0.196 e. The zero-order chi connectivity index (χ0) is 14.3. The predicted molar refractivity (Wildman–Crippen MR) is 84.2 cm³/mol. The number of hydrogen-bond donors (Lipinski definition) is 1. The zero-order valence-corrected chi connectivity index (χ0v) is 12.6. The Bertz CT molecular complexity index is 522. The molecule has 2 aliphatic rings. The maximum atomic E-state index is 6.20. The van der Waals surface area contributed by atoms with Crippen molar-refractivity contribution in [2.24, 2.45) is 10.7 Å². The molecule has 1 spiro atoms. The average Bonchev–Trinajstić information content (AvgIpc) is 2.73. The lowest BCUT2D eigenvalue weighted by Gasteiger charge is -2.47. The molecular weight excluding hydrogens is 248 g/mol. The summed E-state index contributed by atoms with van der Waals surface area (Å²) in [4.78, 5) is 9.25. The number of likely N-dealkylation sites (tertiary alicyclic amines) is 1. The van der Waals surface area contributed by atoms with Crippen LogP contribution in [0.4, 0.5) is 5.69 Å². The third kappa shape index (κ3) is 2.08. The molecule has 2 heterocycles. The molecule has 0 amide bonds. The van der Waals surface area contributed by atoms with Gasteiger partial charge in [0.2, 0.25) is 0 Å². The summed E-state index contributed by atoms with van der Waals surface area (Å²) in [6.07, 6.45) is 2.23. The molecule has 20 heavy (non-hydrogen) atoms. The maximum absolute atomic E-state index is 6.20. The summed E-state index contributed by atoms with van der Waals surface area (Å²) in [6.45, 7) is 6.33. The molecule has 4 heteroatoms. The number of aliphatic imine (C=N–C) groups is 1. The molecular formula is C16H24N4.